The van der Waals surface area contributed by atoms with Gasteiger partial charge in [0.05, 0.1) is 9.70 Å². The predicted octanol–water partition coefficient (Wildman–Crippen LogP) is 3.86. The van der Waals surface area contributed by atoms with Gasteiger partial charge in [0.15, 0.2) is 0 Å². The van der Waals surface area contributed by atoms with Crippen molar-refractivity contribution in [3.63, 3.8) is 0 Å². The van der Waals surface area contributed by atoms with E-state index in [1.54, 1.807) is 11.3 Å². The Balaban J connectivity index is 2.05. The van der Waals surface area contributed by atoms with Gasteiger partial charge in [-0.25, -0.2) is 0 Å². The quantitative estimate of drug-likeness (QED) is 0.852. The fraction of sp³-hybridized carbons (Fsp3) is 0.600. The maximum absolute atomic E-state index is 12.7. The summed E-state index contributed by atoms with van der Waals surface area (Å²) < 4.78 is 1.03. The van der Waals surface area contributed by atoms with Crippen molar-refractivity contribution >= 4 is 39.1 Å². The normalized spacial score (nSPS) is 20.3. The van der Waals surface area contributed by atoms with Crippen LogP contribution in [0.15, 0.2) is 15.9 Å². The standard InChI is InChI=1S/C15H20BrNO3S/c1-10(12-6-7-13(16)21-12)15(20)17-9-3-2-4-11(17)5-8-14(18)19/h6-7,10-11H,2-5,8-9H2,1H3,(H,18,19). The van der Waals surface area contributed by atoms with Crippen molar-refractivity contribution < 1.29 is 14.7 Å². The lowest BCUT2D eigenvalue weighted by atomic mass is 9.95. The molecule has 0 saturated carbocycles. The van der Waals surface area contributed by atoms with Crippen molar-refractivity contribution in [2.45, 2.75) is 51.0 Å². The highest BCUT2D eigenvalue weighted by Gasteiger charge is 2.30. The number of piperidine rings is 1. The smallest absolute Gasteiger partial charge is 0.303 e. The van der Waals surface area contributed by atoms with Gasteiger partial charge < -0.3 is 10.0 Å². The topological polar surface area (TPSA) is 57.6 Å². The highest BCUT2D eigenvalue weighted by atomic mass is 79.9. The molecule has 2 atom stereocenters. The molecule has 21 heavy (non-hydrogen) atoms. The molecule has 1 aromatic rings. The van der Waals surface area contributed by atoms with Crippen LogP contribution in [0.4, 0.5) is 0 Å². The number of thiophene rings is 1. The Morgan fingerprint density at radius 1 is 1.48 bits per heavy atom. The van der Waals surface area contributed by atoms with Crippen molar-refractivity contribution in [3.05, 3.63) is 20.8 Å². The van der Waals surface area contributed by atoms with Crippen molar-refractivity contribution in [2.24, 2.45) is 0 Å². The zero-order valence-electron chi connectivity index (χ0n) is 12.0. The summed E-state index contributed by atoms with van der Waals surface area (Å²) in [4.78, 5) is 26.5. The number of hydrogen-bond acceptors (Lipinski definition) is 3. The molecule has 1 aliphatic rings. The summed E-state index contributed by atoms with van der Waals surface area (Å²) in [6.45, 7) is 2.68. The van der Waals surface area contributed by atoms with Crippen LogP contribution in [0.3, 0.4) is 0 Å². The van der Waals surface area contributed by atoms with Crippen LogP contribution in [0.2, 0.25) is 0 Å². The van der Waals surface area contributed by atoms with E-state index < -0.39 is 5.97 Å². The van der Waals surface area contributed by atoms with E-state index in [2.05, 4.69) is 15.9 Å². The fourth-order valence-electron chi connectivity index (χ4n) is 2.81. The van der Waals surface area contributed by atoms with Crippen LogP contribution in [0.25, 0.3) is 0 Å². The number of halogens is 1. The van der Waals surface area contributed by atoms with Gasteiger partial charge in [-0.15, -0.1) is 11.3 Å². The molecule has 2 unspecified atom stereocenters. The number of hydrogen-bond donors (Lipinski definition) is 1. The molecule has 0 bridgehead atoms. The number of carbonyl (C=O) groups is 2. The molecule has 0 aliphatic carbocycles. The Morgan fingerprint density at radius 3 is 2.86 bits per heavy atom. The van der Waals surface area contributed by atoms with Gasteiger partial charge >= 0.3 is 5.97 Å². The number of nitrogens with zero attached hydrogens (tertiary/aromatic N) is 1. The van der Waals surface area contributed by atoms with Crippen molar-refractivity contribution in [3.8, 4) is 0 Å². The van der Waals surface area contributed by atoms with Crippen molar-refractivity contribution in [1.29, 1.82) is 0 Å². The maximum Gasteiger partial charge on any atom is 0.303 e. The van der Waals surface area contributed by atoms with Gasteiger partial charge in [-0.05, 0) is 60.7 Å². The second kappa shape index (κ2) is 7.40. The van der Waals surface area contributed by atoms with Gasteiger partial charge in [-0.1, -0.05) is 0 Å². The van der Waals surface area contributed by atoms with Gasteiger partial charge in [-0.3, -0.25) is 9.59 Å². The molecule has 6 heteroatoms. The molecule has 1 aromatic heterocycles. The number of amides is 1. The van der Waals surface area contributed by atoms with E-state index in [0.717, 1.165) is 34.5 Å². The summed E-state index contributed by atoms with van der Waals surface area (Å²) >= 11 is 5.01. The number of aliphatic carboxylic acids is 1. The predicted molar refractivity (Wildman–Crippen MR) is 86.7 cm³/mol. The van der Waals surface area contributed by atoms with E-state index in [1.807, 2.05) is 24.0 Å². The molecule has 0 radical (unpaired) electrons. The van der Waals surface area contributed by atoms with E-state index in [1.165, 1.54) is 0 Å². The van der Waals surface area contributed by atoms with E-state index in [9.17, 15) is 9.59 Å². The molecule has 1 N–H and O–H groups in total. The SMILES string of the molecule is CC(C(=O)N1CCCCC1CCC(=O)O)c1ccc(Br)s1. The Morgan fingerprint density at radius 2 is 2.24 bits per heavy atom. The van der Waals surface area contributed by atoms with Gasteiger partial charge in [-0.2, -0.15) is 0 Å². The third kappa shape index (κ3) is 4.30. The molecule has 1 fully saturated rings. The van der Waals surface area contributed by atoms with Crippen LogP contribution in [-0.2, 0) is 9.59 Å². The van der Waals surface area contributed by atoms with Gasteiger partial charge in [0.2, 0.25) is 5.91 Å². The van der Waals surface area contributed by atoms with Gasteiger partial charge in [0.1, 0.15) is 0 Å². The highest BCUT2D eigenvalue weighted by Crippen LogP contribution is 2.31. The molecule has 1 aliphatic heterocycles. The molecule has 116 valence electrons. The first-order valence-electron chi connectivity index (χ1n) is 7.26. The molecule has 0 aromatic carbocycles. The Kier molecular flexibility index (Phi) is 5.81. The first-order valence-corrected chi connectivity index (χ1v) is 8.87. The van der Waals surface area contributed by atoms with E-state index >= 15 is 0 Å². The van der Waals surface area contributed by atoms with Crippen LogP contribution in [0.5, 0.6) is 0 Å². The van der Waals surface area contributed by atoms with Crippen molar-refractivity contribution in [2.75, 3.05) is 6.54 Å². The van der Waals surface area contributed by atoms with Crippen LogP contribution < -0.4 is 0 Å². The first kappa shape index (κ1) is 16.5. The molecule has 2 heterocycles. The summed E-state index contributed by atoms with van der Waals surface area (Å²) in [5, 5.41) is 8.85. The number of carboxylic acid groups (broad SMARTS) is 1. The minimum Gasteiger partial charge on any atom is -0.481 e. The Labute approximate surface area is 137 Å². The van der Waals surface area contributed by atoms with E-state index in [0.29, 0.717) is 6.42 Å². The van der Waals surface area contributed by atoms with E-state index in [-0.39, 0.29) is 24.3 Å². The van der Waals surface area contributed by atoms with Crippen LogP contribution >= 0.6 is 27.3 Å². The van der Waals surface area contributed by atoms with Crippen LogP contribution in [0, 0.1) is 0 Å². The summed E-state index contributed by atoms with van der Waals surface area (Å²) in [5.41, 5.74) is 0. The average molecular weight is 374 g/mol. The van der Waals surface area contributed by atoms with E-state index in [4.69, 9.17) is 5.11 Å². The summed E-state index contributed by atoms with van der Waals surface area (Å²) in [6.07, 6.45) is 3.69. The summed E-state index contributed by atoms with van der Waals surface area (Å²) in [7, 11) is 0. The highest BCUT2D eigenvalue weighted by molar-refractivity contribution is 9.11. The molecule has 2 rings (SSSR count). The second-order valence-electron chi connectivity index (χ2n) is 5.48. The monoisotopic (exact) mass is 373 g/mol. The zero-order chi connectivity index (χ0) is 15.4. The molecule has 4 nitrogen and oxygen atoms in total. The number of rotatable bonds is 5. The molecular formula is C15H20BrNO3S. The van der Waals surface area contributed by atoms with Gasteiger partial charge in [0, 0.05) is 23.9 Å². The lowest BCUT2D eigenvalue weighted by Gasteiger charge is -2.37. The van der Waals surface area contributed by atoms with Crippen molar-refractivity contribution in [1.82, 2.24) is 4.90 Å². The van der Waals surface area contributed by atoms with Crippen LogP contribution in [0.1, 0.15) is 49.8 Å². The average Bonchev–Trinajstić information content (AvgIpc) is 2.90. The number of carbonyl (C=O) groups excluding carboxylic acids is 1. The summed E-state index contributed by atoms with van der Waals surface area (Å²) in [6, 6.07) is 4.02. The second-order valence-corrected chi connectivity index (χ2v) is 7.97. The zero-order valence-corrected chi connectivity index (χ0v) is 14.5. The lowest BCUT2D eigenvalue weighted by Crippen LogP contribution is -2.45. The lowest BCUT2D eigenvalue weighted by molar-refractivity contribution is -0.140. The molecular weight excluding hydrogens is 354 g/mol. The third-order valence-electron chi connectivity index (χ3n) is 3.99. The largest absolute Gasteiger partial charge is 0.481 e. The minimum atomic E-state index is -0.789. The molecule has 0 spiro atoms. The molecule has 1 saturated heterocycles. The van der Waals surface area contributed by atoms with Gasteiger partial charge in [0.25, 0.3) is 0 Å². The Bertz CT molecular complexity index is 517. The minimum absolute atomic E-state index is 0.0770. The first-order chi connectivity index (χ1) is 9.99. The maximum atomic E-state index is 12.7. The molecule has 1 amide bonds. The number of carboxylic acids is 1. The van der Waals surface area contributed by atoms with Crippen LogP contribution in [-0.4, -0.2) is 34.5 Å². The summed E-state index contributed by atoms with van der Waals surface area (Å²) in [5.74, 6) is -0.825. The Hall–Kier alpha value is -0.880. The fourth-order valence-corrected chi connectivity index (χ4v) is 4.28. The third-order valence-corrected chi connectivity index (χ3v) is 5.80. The number of likely N-dealkylation sites (tertiary alicyclic amines) is 1.